The first-order valence-corrected chi connectivity index (χ1v) is 4.63. The minimum atomic E-state index is -1.13. The van der Waals surface area contributed by atoms with Gasteiger partial charge in [0.25, 0.3) is 5.69 Å². The molecule has 1 atom stereocenters. The lowest BCUT2D eigenvalue weighted by molar-refractivity contribution is -0.384. The zero-order chi connectivity index (χ0) is 12.3. The lowest BCUT2D eigenvalue weighted by Gasteiger charge is -2.10. The number of carbonyl (C=O) groups is 1. The van der Waals surface area contributed by atoms with E-state index in [0.717, 1.165) is 6.07 Å². The first kappa shape index (κ1) is 12.3. The zero-order valence-electron chi connectivity index (χ0n) is 8.21. The largest absolute Gasteiger partial charge is 0.479 e. The molecule has 0 radical (unpaired) electrons. The van der Waals surface area contributed by atoms with E-state index in [1.54, 1.807) is 0 Å². The average Bonchev–Trinajstić information content (AvgIpc) is 2.16. The summed E-state index contributed by atoms with van der Waals surface area (Å²) in [4.78, 5) is 20.3. The van der Waals surface area contributed by atoms with E-state index in [1.165, 1.54) is 19.1 Å². The lowest BCUT2D eigenvalue weighted by Crippen LogP contribution is -2.22. The number of aliphatic carboxylic acids is 1. The lowest BCUT2D eigenvalue weighted by atomic mass is 10.3. The first-order valence-electron chi connectivity index (χ1n) is 4.25. The van der Waals surface area contributed by atoms with E-state index >= 15 is 0 Å². The van der Waals surface area contributed by atoms with E-state index in [4.69, 9.17) is 21.4 Å². The third-order valence-electron chi connectivity index (χ3n) is 1.78. The van der Waals surface area contributed by atoms with Gasteiger partial charge in [0, 0.05) is 12.1 Å². The Bertz CT molecular complexity index is 434. The van der Waals surface area contributed by atoms with Crippen LogP contribution in [0.15, 0.2) is 18.2 Å². The van der Waals surface area contributed by atoms with Gasteiger partial charge < -0.3 is 9.84 Å². The van der Waals surface area contributed by atoms with Gasteiger partial charge in [-0.1, -0.05) is 11.6 Å². The molecule has 0 aliphatic carbocycles. The van der Waals surface area contributed by atoms with Crippen molar-refractivity contribution in [1.82, 2.24) is 0 Å². The normalized spacial score (nSPS) is 11.9. The van der Waals surface area contributed by atoms with Crippen molar-refractivity contribution in [2.45, 2.75) is 13.0 Å². The number of benzene rings is 1. The Kier molecular flexibility index (Phi) is 3.68. The van der Waals surface area contributed by atoms with Gasteiger partial charge in [0.15, 0.2) is 6.10 Å². The molecule has 0 amide bonds. The van der Waals surface area contributed by atoms with Gasteiger partial charge >= 0.3 is 5.97 Å². The molecule has 0 aliphatic rings. The molecule has 0 aliphatic heterocycles. The molecule has 1 N–H and O–H groups in total. The van der Waals surface area contributed by atoms with Gasteiger partial charge in [-0.2, -0.15) is 0 Å². The maximum absolute atomic E-state index is 10.5. The predicted octanol–water partition coefficient (Wildman–Crippen LogP) is 2.10. The van der Waals surface area contributed by atoms with Gasteiger partial charge in [-0.3, -0.25) is 10.1 Å². The number of nitro groups is 1. The Morgan fingerprint density at radius 2 is 2.25 bits per heavy atom. The maximum Gasteiger partial charge on any atom is 0.344 e. The second kappa shape index (κ2) is 4.80. The van der Waals surface area contributed by atoms with Crippen molar-refractivity contribution in [3.8, 4) is 5.75 Å². The van der Waals surface area contributed by atoms with Gasteiger partial charge in [-0.25, -0.2) is 4.79 Å². The molecule has 0 unspecified atom stereocenters. The van der Waals surface area contributed by atoms with E-state index in [1.807, 2.05) is 0 Å². The van der Waals surface area contributed by atoms with Crippen molar-refractivity contribution in [2.75, 3.05) is 0 Å². The van der Waals surface area contributed by atoms with Gasteiger partial charge in [-0.05, 0) is 13.0 Å². The monoisotopic (exact) mass is 245 g/mol. The summed E-state index contributed by atoms with van der Waals surface area (Å²) in [7, 11) is 0. The number of carboxylic acid groups (broad SMARTS) is 1. The Balaban J connectivity index is 2.89. The highest BCUT2D eigenvalue weighted by Gasteiger charge is 2.16. The van der Waals surface area contributed by atoms with Crippen LogP contribution >= 0.6 is 11.6 Å². The molecule has 0 spiro atoms. The maximum atomic E-state index is 10.5. The molecule has 0 saturated carbocycles. The van der Waals surface area contributed by atoms with E-state index in [2.05, 4.69) is 0 Å². The Morgan fingerprint density at radius 3 is 2.69 bits per heavy atom. The van der Waals surface area contributed by atoms with Crippen molar-refractivity contribution in [3.05, 3.63) is 33.3 Å². The molecule has 0 saturated heterocycles. The summed E-state index contributed by atoms with van der Waals surface area (Å²) in [6, 6.07) is 3.66. The first-order chi connectivity index (χ1) is 7.41. The molecule has 6 nitrogen and oxygen atoms in total. The SMILES string of the molecule is C[C@H](Oc1ccc([N+](=O)[O-])c(Cl)c1)C(=O)O. The summed E-state index contributed by atoms with van der Waals surface area (Å²) in [6.45, 7) is 1.34. The topological polar surface area (TPSA) is 89.7 Å². The fourth-order valence-electron chi connectivity index (χ4n) is 0.964. The van der Waals surface area contributed by atoms with Crippen molar-refractivity contribution < 1.29 is 19.6 Å². The smallest absolute Gasteiger partial charge is 0.344 e. The molecule has 1 rings (SSSR count). The zero-order valence-corrected chi connectivity index (χ0v) is 8.97. The van der Waals surface area contributed by atoms with Gasteiger partial charge in [-0.15, -0.1) is 0 Å². The van der Waals surface area contributed by atoms with Gasteiger partial charge in [0.2, 0.25) is 0 Å². The highest BCUT2D eigenvalue weighted by atomic mass is 35.5. The fraction of sp³-hybridized carbons (Fsp3) is 0.222. The number of nitro benzene ring substituents is 1. The van der Waals surface area contributed by atoms with E-state index in [-0.39, 0.29) is 16.5 Å². The van der Waals surface area contributed by atoms with Crippen LogP contribution in [0, 0.1) is 10.1 Å². The van der Waals surface area contributed by atoms with Crippen LogP contribution in [-0.2, 0) is 4.79 Å². The molecular formula is C9H8ClNO5. The van der Waals surface area contributed by atoms with Crippen molar-refractivity contribution in [3.63, 3.8) is 0 Å². The molecule has 1 aromatic rings. The Hall–Kier alpha value is -1.82. The number of nitrogens with zero attached hydrogens (tertiary/aromatic N) is 1. The fourth-order valence-corrected chi connectivity index (χ4v) is 1.20. The second-order valence-corrected chi connectivity index (χ2v) is 3.38. The Labute approximate surface area is 95.6 Å². The molecule has 1 aromatic carbocycles. The third kappa shape index (κ3) is 2.83. The van der Waals surface area contributed by atoms with E-state index in [9.17, 15) is 14.9 Å². The average molecular weight is 246 g/mol. The van der Waals surface area contributed by atoms with Crippen molar-refractivity contribution in [2.24, 2.45) is 0 Å². The number of hydrogen-bond donors (Lipinski definition) is 1. The van der Waals surface area contributed by atoms with Crippen molar-refractivity contribution in [1.29, 1.82) is 0 Å². The van der Waals surface area contributed by atoms with E-state index in [0.29, 0.717) is 0 Å². The van der Waals surface area contributed by atoms with Crippen LogP contribution < -0.4 is 4.74 Å². The molecule has 0 fully saturated rings. The molecule has 0 heterocycles. The van der Waals surface area contributed by atoms with Crippen LogP contribution in [0.25, 0.3) is 0 Å². The van der Waals surface area contributed by atoms with Crippen LogP contribution in [0.3, 0.4) is 0 Å². The highest BCUT2D eigenvalue weighted by molar-refractivity contribution is 6.32. The molecular weight excluding hydrogens is 238 g/mol. The minimum Gasteiger partial charge on any atom is -0.479 e. The molecule has 16 heavy (non-hydrogen) atoms. The molecule has 0 aromatic heterocycles. The summed E-state index contributed by atoms with van der Waals surface area (Å²) >= 11 is 5.62. The molecule has 0 bridgehead atoms. The summed E-state index contributed by atoms with van der Waals surface area (Å²) in [5.41, 5.74) is -0.253. The number of rotatable bonds is 4. The minimum absolute atomic E-state index is 0.0971. The van der Waals surface area contributed by atoms with Crippen LogP contribution in [0.2, 0.25) is 5.02 Å². The summed E-state index contributed by atoms with van der Waals surface area (Å²) in [6.07, 6.45) is -1.04. The Morgan fingerprint density at radius 1 is 1.62 bits per heavy atom. The summed E-state index contributed by atoms with van der Waals surface area (Å²) in [5.74, 6) is -0.958. The third-order valence-corrected chi connectivity index (χ3v) is 2.08. The van der Waals surface area contributed by atoms with Crippen LogP contribution in [-0.4, -0.2) is 22.1 Å². The summed E-state index contributed by atoms with van der Waals surface area (Å²) in [5, 5.41) is 18.9. The number of ether oxygens (including phenoxy) is 1. The van der Waals surface area contributed by atoms with E-state index < -0.39 is 17.0 Å². The van der Waals surface area contributed by atoms with Crippen LogP contribution in [0.5, 0.6) is 5.75 Å². The van der Waals surface area contributed by atoms with Crippen molar-refractivity contribution >= 4 is 23.3 Å². The summed E-state index contributed by atoms with van der Waals surface area (Å²) < 4.78 is 4.98. The second-order valence-electron chi connectivity index (χ2n) is 2.97. The molecule has 7 heteroatoms. The van der Waals surface area contributed by atoms with Gasteiger partial charge in [0.1, 0.15) is 10.8 Å². The number of hydrogen-bond acceptors (Lipinski definition) is 4. The standard InChI is InChI=1S/C9H8ClNO5/c1-5(9(12)13)16-6-2-3-8(11(14)15)7(10)4-6/h2-5H,1H3,(H,12,13)/t5-/m0/s1. The predicted molar refractivity (Wildman–Crippen MR) is 55.8 cm³/mol. The number of carboxylic acids is 1. The van der Waals surface area contributed by atoms with Crippen LogP contribution in [0.4, 0.5) is 5.69 Å². The molecule has 86 valence electrons. The highest BCUT2D eigenvalue weighted by Crippen LogP contribution is 2.28. The number of halogens is 1. The van der Waals surface area contributed by atoms with Crippen LogP contribution in [0.1, 0.15) is 6.92 Å². The van der Waals surface area contributed by atoms with Gasteiger partial charge in [0.05, 0.1) is 4.92 Å². The quantitative estimate of drug-likeness (QED) is 0.648.